The van der Waals surface area contributed by atoms with Gasteiger partial charge in [0.2, 0.25) is 5.69 Å². The number of nitrogens with zero attached hydrogens (tertiary/aromatic N) is 1. The summed E-state index contributed by atoms with van der Waals surface area (Å²) in [5.41, 5.74) is 17.7. The fourth-order valence-corrected chi connectivity index (χ4v) is 6.13. The summed E-state index contributed by atoms with van der Waals surface area (Å²) < 4.78 is 2.33. The molecule has 0 saturated carbocycles. The summed E-state index contributed by atoms with van der Waals surface area (Å²) in [6.07, 6.45) is 5.39. The summed E-state index contributed by atoms with van der Waals surface area (Å²) in [5.74, 6) is 0. The highest BCUT2D eigenvalue weighted by atomic mass is 14.9. The summed E-state index contributed by atoms with van der Waals surface area (Å²) in [7, 11) is 2.20. The van der Waals surface area contributed by atoms with Gasteiger partial charge in [0.1, 0.15) is 7.05 Å². The quantitative estimate of drug-likeness (QED) is 0.255. The van der Waals surface area contributed by atoms with E-state index in [1.807, 2.05) is 0 Å². The summed E-state index contributed by atoms with van der Waals surface area (Å²) in [5, 5.41) is 0. The van der Waals surface area contributed by atoms with E-state index in [9.17, 15) is 0 Å². The van der Waals surface area contributed by atoms with Crippen molar-refractivity contribution >= 4 is 0 Å². The van der Waals surface area contributed by atoms with Crippen LogP contribution in [0, 0.1) is 12.3 Å². The molecule has 1 nitrogen and oxygen atoms in total. The van der Waals surface area contributed by atoms with Gasteiger partial charge >= 0.3 is 0 Å². The van der Waals surface area contributed by atoms with Crippen LogP contribution >= 0.6 is 0 Å². The Morgan fingerprint density at radius 2 is 1.33 bits per heavy atom. The summed E-state index contributed by atoms with van der Waals surface area (Å²) >= 11 is 0. The Balaban J connectivity index is 1.66. The number of rotatable bonds is 2. The van der Waals surface area contributed by atoms with Crippen LogP contribution in [0.4, 0.5) is 0 Å². The first-order chi connectivity index (χ1) is 15.8. The molecule has 0 radical (unpaired) electrons. The van der Waals surface area contributed by atoms with Crippen molar-refractivity contribution in [2.45, 2.75) is 47.0 Å². The van der Waals surface area contributed by atoms with E-state index in [1.54, 1.807) is 0 Å². The lowest BCUT2D eigenvalue weighted by atomic mass is 9.84. The van der Waals surface area contributed by atoms with Gasteiger partial charge in [-0.05, 0) is 87.2 Å². The molecule has 4 aromatic rings. The van der Waals surface area contributed by atoms with Crippen molar-refractivity contribution in [3.63, 3.8) is 0 Å². The molecule has 0 amide bonds. The van der Waals surface area contributed by atoms with Crippen molar-refractivity contribution in [3.05, 3.63) is 100 Å². The zero-order chi connectivity index (χ0) is 22.9. The van der Waals surface area contributed by atoms with E-state index in [0.717, 1.165) is 19.3 Å². The number of aromatic nitrogens is 1. The van der Waals surface area contributed by atoms with E-state index in [1.165, 1.54) is 66.9 Å². The topological polar surface area (TPSA) is 3.88 Å². The highest BCUT2D eigenvalue weighted by Crippen LogP contribution is 2.53. The SMILES string of the molecule is Cc1c2c(c3c(c1-c1cc(CC(C)(C)C)cc[n+]1C)Cc1ccccc1-3)-c1ccccc1C2. The van der Waals surface area contributed by atoms with Crippen molar-refractivity contribution in [1.29, 1.82) is 0 Å². The predicted octanol–water partition coefficient (Wildman–Crippen LogP) is 7.22. The number of hydrogen-bond donors (Lipinski definition) is 0. The van der Waals surface area contributed by atoms with Crippen LogP contribution in [0.15, 0.2) is 66.9 Å². The molecule has 3 aromatic carbocycles. The van der Waals surface area contributed by atoms with Crippen molar-refractivity contribution < 1.29 is 4.57 Å². The minimum Gasteiger partial charge on any atom is -0.201 e. The molecule has 0 aliphatic heterocycles. The second kappa shape index (κ2) is 7.15. The molecule has 0 spiro atoms. The lowest BCUT2D eigenvalue weighted by Crippen LogP contribution is -2.31. The molecule has 164 valence electrons. The zero-order valence-electron chi connectivity index (χ0n) is 20.4. The number of fused-ring (bicyclic) bond motifs is 7. The van der Waals surface area contributed by atoms with Crippen LogP contribution < -0.4 is 4.57 Å². The summed E-state index contributed by atoms with van der Waals surface area (Å²) in [6.45, 7) is 9.34. The molecular weight excluding hydrogens is 398 g/mol. The summed E-state index contributed by atoms with van der Waals surface area (Å²) in [6, 6.07) is 22.8. The zero-order valence-corrected chi connectivity index (χ0v) is 20.4. The third kappa shape index (κ3) is 3.17. The van der Waals surface area contributed by atoms with Gasteiger partial charge in [0.05, 0.1) is 5.56 Å². The lowest BCUT2D eigenvalue weighted by molar-refractivity contribution is -0.660. The number of benzene rings is 3. The van der Waals surface area contributed by atoms with Crippen molar-refractivity contribution in [1.82, 2.24) is 0 Å². The second-order valence-electron chi connectivity index (χ2n) is 11.1. The monoisotopic (exact) mass is 430 g/mol. The lowest BCUT2D eigenvalue weighted by Gasteiger charge is -2.20. The molecule has 1 aromatic heterocycles. The Morgan fingerprint density at radius 1 is 0.758 bits per heavy atom. The normalized spacial score (nSPS) is 13.5. The van der Waals surface area contributed by atoms with Gasteiger partial charge in [0.15, 0.2) is 6.20 Å². The molecule has 1 heterocycles. The Hall–Kier alpha value is -3.19. The van der Waals surface area contributed by atoms with Crippen molar-refractivity contribution in [2.24, 2.45) is 12.5 Å². The molecule has 6 rings (SSSR count). The second-order valence-corrected chi connectivity index (χ2v) is 11.1. The molecule has 33 heavy (non-hydrogen) atoms. The predicted molar refractivity (Wildman–Crippen MR) is 137 cm³/mol. The maximum Gasteiger partial charge on any atom is 0.213 e. The van der Waals surface area contributed by atoms with E-state index >= 15 is 0 Å². The van der Waals surface area contributed by atoms with Gasteiger partial charge in [-0.3, -0.25) is 0 Å². The van der Waals surface area contributed by atoms with Gasteiger partial charge in [0.25, 0.3) is 0 Å². The first-order valence-electron chi connectivity index (χ1n) is 12.2. The number of pyridine rings is 1. The van der Waals surface area contributed by atoms with Crippen LogP contribution in [0.25, 0.3) is 33.5 Å². The minimum absolute atomic E-state index is 0.268. The van der Waals surface area contributed by atoms with Gasteiger partial charge in [-0.15, -0.1) is 0 Å². The maximum absolute atomic E-state index is 2.45. The number of hydrogen-bond acceptors (Lipinski definition) is 0. The van der Waals surface area contributed by atoms with Crippen molar-refractivity contribution in [2.75, 3.05) is 0 Å². The van der Waals surface area contributed by atoms with E-state index in [4.69, 9.17) is 0 Å². The molecule has 0 unspecified atom stereocenters. The molecule has 0 N–H and O–H groups in total. The average Bonchev–Trinajstić information content (AvgIpc) is 3.33. The van der Waals surface area contributed by atoms with Gasteiger partial charge in [-0.2, -0.15) is 0 Å². The van der Waals surface area contributed by atoms with Crippen LogP contribution in [-0.4, -0.2) is 0 Å². The van der Waals surface area contributed by atoms with Gasteiger partial charge in [-0.1, -0.05) is 69.3 Å². The van der Waals surface area contributed by atoms with Crippen LogP contribution in [0.5, 0.6) is 0 Å². The van der Waals surface area contributed by atoms with Crippen LogP contribution in [0.2, 0.25) is 0 Å². The molecular formula is C32H32N+. The molecule has 2 aliphatic carbocycles. The Labute approximate surface area is 197 Å². The Morgan fingerprint density at radius 3 is 1.97 bits per heavy atom. The fourth-order valence-electron chi connectivity index (χ4n) is 6.13. The molecule has 0 atom stereocenters. The highest BCUT2D eigenvalue weighted by Gasteiger charge is 2.35. The van der Waals surface area contributed by atoms with E-state index in [2.05, 4.69) is 106 Å². The van der Waals surface area contributed by atoms with E-state index in [0.29, 0.717) is 0 Å². The molecule has 1 heteroatoms. The van der Waals surface area contributed by atoms with Gasteiger partial charge in [-0.25, -0.2) is 4.57 Å². The molecule has 0 bridgehead atoms. The van der Waals surface area contributed by atoms with Gasteiger partial charge in [0, 0.05) is 12.1 Å². The molecule has 2 aliphatic rings. The first kappa shape index (κ1) is 20.4. The Bertz CT molecular complexity index is 1430. The van der Waals surface area contributed by atoms with Gasteiger partial charge < -0.3 is 0 Å². The van der Waals surface area contributed by atoms with Crippen LogP contribution in [0.3, 0.4) is 0 Å². The molecule has 0 fully saturated rings. The first-order valence-corrected chi connectivity index (χ1v) is 12.2. The smallest absolute Gasteiger partial charge is 0.201 e. The van der Waals surface area contributed by atoms with Crippen molar-refractivity contribution in [3.8, 4) is 33.5 Å². The summed E-state index contributed by atoms with van der Waals surface area (Å²) in [4.78, 5) is 0. The largest absolute Gasteiger partial charge is 0.213 e. The Kier molecular flexibility index (Phi) is 4.43. The standard InChI is InChI=1S/C32H32N/c1-20-26-17-22-10-6-8-12-24(22)30(26)31-25-13-9-7-11-23(25)18-27(31)29(20)28-16-21(14-15-33(28)5)19-32(2,3)4/h6-16H,17-19H2,1-5H3/q+1. The third-order valence-corrected chi connectivity index (χ3v) is 7.50. The van der Waals surface area contributed by atoms with Crippen LogP contribution in [0.1, 0.15) is 54.2 Å². The average molecular weight is 431 g/mol. The number of aryl methyl sites for hydroxylation is 1. The molecule has 0 saturated heterocycles. The highest BCUT2D eigenvalue weighted by molar-refractivity contribution is 6.00. The third-order valence-electron chi connectivity index (χ3n) is 7.50. The van der Waals surface area contributed by atoms with E-state index in [-0.39, 0.29) is 5.41 Å². The van der Waals surface area contributed by atoms with Crippen LogP contribution in [-0.2, 0) is 26.3 Å². The fraction of sp³-hybridized carbons (Fsp3) is 0.281. The maximum atomic E-state index is 2.45. The minimum atomic E-state index is 0.268. The van der Waals surface area contributed by atoms with E-state index < -0.39 is 0 Å².